The van der Waals surface area contributed by atoms with Crippen LogP contribution >= 0.6 is 0 Å². The number of anilines is 2. The van der Waals surface area contributed by atoms with E-state index in [1.54, 1.807) is 0 Å². The highest BCUT2D eigenvalue weighted by molar-refractivity contribution is 5.65. The number of aromatic nitrogens is 1. The van der Waals surface area contributed by atoms with Crippen LogP contribution in [0, 0.1) is 6.92 Å². The molecular weight excluding hydrogens is 258 g/mol. The van der Waals surface area contributed by atoms with Crippen molar-refractivity contribution in [3.63, 3.8) is 0 Å². The first-order valence-corrected chi connectivity index (χ1v) is 7.82. The number of rotatable bonds is 4. The van der Waals surface area contributed by atoms with Crippen molar-refractivity contribution in [1.82, 2.24) is 10.3 Å². The molecule has 21 heavy (non-hydrogen) atoms. The molecule has 0 fully saturated rings. The first kappa shape index (κ1) is 14.1. The zero-order chi connectivity index (χ0) is 14.7. The number of nitrogens with zero attached hydrogens (tertiary/aromatic N) is 2. The van der Waals surface area contributed by atoms with Crippen LogP contribution in [0.15, 0.2) is 36.4 Å². The molecule has 1 aromatic carbocycles. The Morgan fingerprint density at radius 2 is 2.05 bits per heavy atom. The molecule has 0 aliphatic carbocycles. The summed E-state index contributed by atoms with van der Waals surface area (Å²) in [5, 5.41) is 3.37. The molecule has 110 valence electrons. The van der Waals surface area contributed by atoms with Gasteiger partial charge in [-0.3, -0.25) is 0 Å². The summed E-state index contributed by atoms with van der Waals surface area (Å²) in [5.41, 5.74) is 5.15. The predicted molar refractivity (Wildman–Crippen MR) is 88.1 cm³/mol. The van der Waals surface area contributed by atoms with E-state index in [1.165, 1.54) is 29.7 Å². The smallest absolute Gasteiger partial charge is 0.133 e. The normalized spacial score (nSPS) is 14.1. The van der Waals surface area contributed by atoms with Crippen molar-refractivity contribution < 1.29 is 0 Å². The maximum absolute atomic E-state index is 4.83. The molecule has 1 aliphatic rings. The van der Waals surface area contributed by atoms with Gasteiger partial charge in [-0.1, -0.05) is 31.2 Å². The molecule has 1 N–H and O–H groups in total. The minimum absolute atomic E-state index is 0.895. The Morgan fingerprint density at radius 1 is 1.19 bits per heavy atom. The van der Waals surface area contributed by atoms with Crippen LogP contribution in [0.2, 0.25) is 0 Å². The lowest BCUT2D eigenvalue weighted by molar-refractivity contribution is 0.717. The molecule has 0 radical (unpaired) electrons. The molecule has 0 unspecified atom stereocenters. The van der Waals surface area contributed by atoms with Gasteiger partial charge < -0.3 is 10.2 Å². The van der Waals surface area contributed by atoms with Crippen molar-refractivity contribution in [2.24, 2.45) is 0 Å². The van der Waals surface area contributed by atoms with Gasteiger partial charge in [0.2, 0.25) is 0 Å². The fourth-order valence-corrected chi connectivity index (χ4v) is 2.95. The van der Waals surface area contributed by atoms with Gasteiger partial charge >= 0.3 is 0 Å². The number of benzene rings is 1. The van der Waals surface area contributed by atoms with Crippen molar-refractivity contribution in [3.05, 3.63) is 53.2 Å². The van der Waals surface area contributed by atoms with Gasteiger partial charge in [0, 0.05) is 24.5 Å². The molecule has 0 saturated carbocycles. The van der Waals surface area contributed by atoms with Crippen LogP contribution in [0.5, 0.6) is 0 Å². The third-order valence-corrected chi connectivity index (χ3v) is 4.13. The molecule has 2 aromatic rings. The topological polar surface area (TPSA) is 28.2 Å². The third-order valence-electron chi connectivity index (χ3n) is 4.13. The van der Waals surface area contributed by atoms with Gasteiger partial charge in [0.1, 0.15) is 5.82 Å². The van der Waals surface area contributed by atoms with Crippen molar-refractivity contribution in [2.45, 2.75) is 33.2 Å². The molecule has 0 amide bonds. The van der Waals surface area contributed by atoms with Crippen LogP contribution < -0.4 is 10.2 Å². The van der Waals surface area contributed by atoms with Crippen molar-refractivity contribution in [1.29, 1.82) is 0 Å². The number of fused-ring (bicyclic) bond motifs is 1. The quantitative estimate of drug-likeness (QED) is 0.928. The molecule has 0 saturated heterocycles. The fraction of sp³-hybridized carbons (Fsp3) is 0.389. The lowest BCUT2D eigenvalue weighted by atomic mass is 10.0. The Morgan fingerprint density at radius 3 is 2.86 bits per heavy atom. The van der Waals surface area contributed by atoms with Crippen LogP contribution in [-0.4, -0.2) is 18.1 Å². The van der Waals surface area contributed by atoms with E-state index in [9.17, 15) is 0 Å². The van der Waals surface area contributed by atoms with Gasteiger partial charge in [0.15, 0.2) is 0 Å². The third kappa shape index (κ3) is 2.93. The van der Waals surface area contributed by atoms with E-state index in [-0.39, 0.29) is 0 Å². The zero-order valence-electron chi connectivity index (χ0n) is 12.9. The van der Waals surface area contributed by atoms with Crippen LogP contribution in [-0.2, 0) is 13.0 Å². The molecule has 1 aromatic heterocycles. The molecule has 0 spiro atoms. The molecule has 0 atom stereocenters. The van der Waals surface area contributed by atoms with E-state index in [2.05, 4.69) is 60.5 Å². The van der Waals surface area contributed by atoms with Crippen molar-refractivity contribution >= 4 is 11.5 Å². The Labute approximate surface area is 127 Å². The second kappa shape index (κ2) is 6.27. The highest BCUT2D eigenvalue weighted by atomic mass is 15.2. The van der Waals surface area contributed by atoms with Gasteiger partial charge in [-0.15, -0.1) is 0 Å². The summed E-state index contributed by atoms with van der Waals surface area (Å²) >= 11 is 0. The van der Waals surface area contributed by atoms with E-state index in [0.29, 0.717) is 0 Å². The van der Waals surface area contributed by atoms with Gasteiger partial charge in [0.25, 0.3) is 0 Å². The van der Waals surface area contributed by atoms with Crippen molar-refractivity contribution in [3.8, 4) is 0 Å². The number of hydrogen-bond acceptors (Lipinski definition) is 3. The summed E-state index contributed by atoms with van der Waals surface area (Å²) in [5.74, 6) is 1.07. The number of pyridine rings is 1. The summed E-state index contributed by atoms with van der Waals surface area (Å²) < 4.78 is 0. The van der Waals surface area contributed by atoms with E-state index in [1.807, 2.05) is 0 Å². The second-order valence-corrected chi connectivity index (χ2v) is 5.58. The van der Waals surface area contributed by atoms with E-state index in [4.69, 9.17) is 4.98 Å². The van der Waals surface area contributed by atoms with Gasteiger partial charge in [-0.05, 0) is 49.6 Å². The fourth-order valence-electron chi connectivity index (χ4n) is 2.95. The summed E-state index contributed by atoms with van der Waals surface area (Å²) in [6.07, 6.45) is 2.36. The number of hydrogen-bond donors (Lipinski definition) is 1. The summed E-state index contributed by atoms with van der Waals surface area (Å²) in [4.78, 5) is 7.18. The Bertz CT molecular complexity index is 622. The van der Waals surface area contributed by atoms with Crippen LogP contribution in [0.25, 0.3) is 0 Å². The first-order valence-electron chi connectivity index (χ1n) is 7.82. The Kier molecular flexibility index (Phi) is 4.20. The van der Waals surface area contributed by atoms with E-state index < -0.39 is 0 Å². The highest BCUT2D eigenvalue weighted by Gasteiger charge is 2.18. The standard InChI is InChI=1S/C18H23N3/c1-3-19-13-16-10-11-18(20-14(16)2)21-12-6-8-15-7-4-5-9-17(15)21/h4-5,7,9-11,19H,3,6,8,12-13H2,1-2H3. The molecule has 3 heteroatoms. The largest absolute Gasteiger partial charge is 0.326 e. The molecule has 3 rings (SSSR count). The Hall–Kier alpha value is -1.87. The lowest BCUT2D eigenvalue weighted by Gasteiger charge is -2.30. The van der Waals surface area contributed by atoms with Crippen LogP contribution in [0.4, 0.5) is 11.5 Å². The molecule has 0 bridgehead atoms. The lowest BCUT2D eigenvalue weighted by Crippen LogP contribution is -2.25. The number of para-hydroxylation sites is 1. The first-order chi connectivity index (χ1) is 10.3. The summed E-state index contributed by atoms with van der Waals surface area (Å²) in [6, 6.07) is 13.0. The SMILES string of the molecule is CCNCc1ccc(N2CCCc3ccccc32)nc1C. The molecule has 1 aliphatic heterocycles. The second-order valence-electron chi connectivity index (χ2n) is 5.58. The minimum Gasteiger partial charge on any atom is -0.326 e. The van der Waals surface area contributed by atoms with Gasteiger partial charge in [0.05, 0.1) is 0 Å². The highest BCUT2D eigenvalue weighted by Crippen LogP contribution is 2.32. The van der Waals surface area contributed by atoms with E-state index >= 15 is 0 Å². The maximum Gasteiger partial charge on any atom is 0.133 e. The average Bonchev–Trinajstić information content (AvgIpc) is 2.53. The van der Waals surface area contributed by atoms with Crippen LogP contribution in [0.3, 0.4) is 0 Å². The zero-order valence-corrected chi connectivity index (χ0v) is 12.9. The van der Waals surface area contributed by atoms with Crippen molar-refractivity contribution in [2.75, 3.05) is 18.0 Å². The number of nitrogens with one attached hydrogen (secondary N) is 1. The monoisotopic (exact) mass is 281 g/mol. The van der Waals surface area contributed by atoms with E-state index in [0.717, 1.165) is 31.1 Å². The maximum atomic E-state index is 4.83. The molecule has 2 heterocycles. The van der Waals surface area contributed by atoms with Crippen LogP contribution in [0.1, 0.15) is 30.2 Å². The predicted octanol–water partition coefficient (Wildman–Crippen LogP) is 3.58. The molecular formula is C18H23N3. The summed E-state index contributed by atoms with van der Waals surface area (Å²) in [6.45, 7) is 7.16. The average molecular weight is 281 g/mol. The van der Waals surface area contributed by atoms with Gasteiger partial charge in [-0.25, -0.2) is 4.98 Å². The number of aryl methyl sites for hydroxylation is 2. The minimum atomic E-state index is 0.895. The van der Waals surface area contributed by atoms with Gasteiger partial charge in [-0.2, -0.15) is 0 Å². The Balaban J connectivity index is 1.90. The molecule has 3 nitrogen and oxygen atoms in total. The summed E-state index contributed by atoms with van der Waals surface area (Å²) in [7, 11) is 0.